The van der Waals surface area contributed by atoms with Crippen molar-refractivity contribution in [2.24, 2.45) is 0 Å². The molecule has 0 fully saturated rings. The molecule has 3 aromatic heterocycles. The molecular formula is C70H51NO3. The Morgan fingerprint density at radius 1 is 0.338 bits per heavy atom. The first-order chi connectivity index (χ1) is 35.9. The molecule has 0 atom stereocenters. The number of furan rings is 3. The Morgan fingerprint density at radius 2 is 0.865 bits per heavy atom. The van der Waals surface area contributed by atoms with Crippen molar-refractivity contribution in [3.8, 4) is 44.5 Å². The van der Waals surface area contributed by atoms with E-state index in [4.69, 9.17) is 13.3 Å². The molecule has 4 heteroatoms. The highest BCUT2D eigenvalue weighted by molar-refractivity contribution is 6.22. The SMILES string of the molecule is Cc1cccc(-c2cc3c(c4c2oc2ccccc24)-c2ccc(N(c4ccc5c(c4)C(C)(C)c4c6c(c7c(oc8ccccc87)c4-5)-c4ccccc4C6(C)C)c4ccc5c(c4)oc4ccccc45)cc2C3(C)C)c1. The van der Waals surface area contributed by atoms with Gasteiger partial charge in [0.05, 0.1) is 0 Å². The van der Waals surface area contributed by atoms with Crippen LogP contribution in [0.2, 0.25) is 0 Å². The molecule has 0 aliphatic heterocycles. The highest BCUT2D eigenvalue weighted by Crippen LogP contribution is 2.64. The molecule has 0 unspecified atom stereocenters. The van der Waals surface area contributed by atoms with Crippen LogP contribution in [-0.2, 0) is 16.2 Å². The molecule has 3 aliphatic carbocycles. The molecule has 354 valence electrons. The predicted molar refractivity (Wildman–Crippen MR) is 306 cm³/mol. The number of anilines is 3. The standard InChI is InChI=1S/C70H51NO3/c1-38-17-16-18-39(33-38)50-37-54-59(61-48-21-10-14-25-56(48)73-66(50)61)46-31-28-40(34-52(46)68(54,2)3)71(42-27-30-44-43-19-9-13-24-55(43)72-58(44)36-42)41-29-32-47-53(35-41)70(6,7)65-63(47)67-62(49-22-11-15-26-57(49)74-67)60-45-20-8-12-23-51(45)69(4,5)64(60)65/h8-37H,1-7H3. The van der Waals surface area contributed by atoms with Gasteiger partial charge in [-0.05, 0) is 134 Å². The molecule has 0 radical (unpaired) electrons. The Kier molecular flexibility index (Phi) is 8.01. The maximum absolute atomic E-state index is 7.08. The van der Waals surface area contributed by atoms with E-state index in [0.29, 0.717) is 0 Å². The Morgan fingerprint density at radius 3 is 1.58 bits per heavy atom. The number of nitrogens with zero attached hydrogens (tertiary/aromatic N) is 1. The summed E-state index contributed by atoms with van der Waals surface area (Å²) in [6.45, 7) is 16.7. The van der Waals surface area contributed by atoms with Gasteiger partial charge in [0, 0.05) is 82.8 Å². The summed E-state index contributed by atoms with van der Waals surface area (Å²) >= 11 is 0. The summed E-state index contributed by atoms with van der Waals surface area (Å²) in [5.41, 5.74) is 26.8. The van der Waals surface area contributed by atoms with E-state index in [0.717, 1.165) is 77.8 Å². The van der Waals surface area contributed by atoms with Gasteiger partial charge < -0.3 is 18.2 Å². The van der Waals surface area contributed by atoms with Crippen molar-refractivity contribution in [1.29, 1.82) is 0 Å². The number of hydrogen-bond acceptors (Lipinski definition) is 4. The minimum Gasteiger partial charge on any atom is -0.456 e. The zero-order chi connectivity index (χ0) is 49.7. The van der Waals surface area contributed by atoms with Crippen LogP contribution >= 0.6 is 0 Å². The van der Waals surface area contributed by atoms with E-state index in [2.05, 4.69) is 229 Å². The van der Waals surface area contributed by atoms with Gasteiger partial charge in [-0.25, -0.2) is 0 Å². The van der Waals surface area contributed by atoms with Crippen molar-refractivity contribution in [2.75, 3.05) is 4.90 Å². The lowest BCUT2D eigenvalue weighted by Crippen LogP contribution is -2.24. The summed E-state index contributed by atoms with van der Waals surface area (Å²) in [5.74, 6) is 0. The van der Waals surface area contributed by atoms with Gasteiger partial charge in [0.2, 0.25) is 0 Å². The summed E-state index contributed by atoms with van der Waals surface area (Å²) in [6, 6.07) is 66.8. The lowest BCUT2D eigenvalue weighted by Gasteiger charge is -2.32. The first kappa shape index (κ1) is 42.0. The quantitative estimate of drug-likeness (QED) is 0.176. The molecule has 4 nitrogen and oxygen atoms in total. The minimum atomic E-state index is -0.374. The summed E-state index contributed by atoms with van der Waals surface area (Å²) in [5, 5.41) is 6.92. The van der Waals surface area contributed by atoms with Gasteiger partial charge in [-0.3, -0.25) is 0 Å². The Labute approximate surface area is 429 Å². The minimum absolute atomic E-state index is 0.233. The summed E-state index contributed by atoms with van der Waals surface area (Å²) in [7, 11) is 0. The fraction of sp³-hybridized carbons (Fsp3) is 0.143. The third kappa shape index (κ3) is 5.27. The van der Waals surface area contributed by atoms with E-state index in [1.807, 2.05) is 6.07 Å². The number of benzene rings is 10. The maximum atomic E-state index is 7.08. The molecule has 0 saturated heterocycles. The second-order valence-electron chi connectivity index (χ2n) is 22.8. The fourth-order valence-electron chi connectivity index (χ4n) is 14.2. The maximum Gasteiger partial charge on any atom is 0.144 e. The number of rotatable bonds is 4. The molecule has 74 heavy (non-hydrogen) atoms. The molecule has 16 rings (SSSR count). The second-order valence-corrected chi connectivity index (χ2v) is 22.8. The van der Waals surface area contributed by atoms with E-state index in [1.165, 1.54) is 88.5 Å². The van der Waals surface area contributed by atoms with E-state index in [9.17, 15) is 0 Å². The highest BCUT2D eigenvalue weighted by Gasteiger charge is 2.49. The molecule has 0 bridgehead atoms. The van der Waals surface area contributed by atoms with E-state index < -0.39 is 0 Å². The lowest BCUT2D eigenvalue weighted by molar-refractivity contribution is 0.600. The highest BCUT2D eigenvalue weighted by atomic mass is 16.3. The Bertz CT molecular complexity index is 4660. The zero-order valence-corrected chi connectivity index (χ0v) is 42.5. The van der Waals surface area contributed by atoms with Crippen molar-refractivity contribution in [1.82, 2.24) is 0 Å². The number of para-hydroxylation sites is 3. The second kappa shape index (κ2) is 14.1. The third-order valence-electron chi connectivity index (χ3n) is 17.6. The van der Waals surface area contributed by atoms with Crippen molar-refractivity contribution in [2.45, 2.75) is 64.7 Å². The van der Waals surface area contributed by atoms with Gasteiger partial charge in [0.1, 0.15) is 33.5 Å². The average Bonchev–Trinajstić information content (AvgIpc) is 4.24. The predicted octanol–water partition coefficient (Wildman–Crippen LogP) is 19.7. The third-order valence-corrected chi connectivity index (χ3v) is 17.6. The monoisotopic (exact) mass is 953 g/mol. The van der Waals surface area contributed by atoms with Crippen LogP contribution in [0.15, 0.2) is 195 Å². The van der Waals surface area contributed by atoms with E-state index >= 15 is 0 Å². The summed E-state index contributed by atoms with van der Waals surface area (Å²) < 4.78 is 20.6. The first-order valence-corrected chi connectivity index (χ1v) is 26.1. The van der Waals surface area contributed by atoms with Gasteiger partial charge in [-0.15, -0.1) is 0 Å². The van der Waals surface area contributed by atoms with Crippen molar-refractivity contribution in [3.05, 3.63) is 221 Å². The van der Waals surface area contributed by atoms with Crippen molar-refractivity contribution >= 4 is 82.9 Å². The molecule has 0 spiro atoms. The molecule has 3 aliphatic rings. The molecule has 3 heterocycles. The van der Waals surface area contributed by atoms with Gasteiger partial charge >= 0.3 is 0 Å². The van der Waals surface area contributed by atoms with Crippen LogP contribution in [0.3, 0.4) is 0 Å². The van der Waals surface area contributed by atoms with Crippen molar-refractivity contribution < 1.29 is 13.3 Å². The topological polar surface area (TPSA) is 42.7 Å². The lowest BCUT2D eigenvalue weighted by atomic mass is 9.72. The van der Waals surface area contributed by atoms with Crippen molar-refractivity contribution in [3.63, 3.8) is 0 Å². The normalized spacial score (nSPS) is 15.3. The van der Waals surface area contributed by atoms with E-state index in [-0.39, 0.29) is 16.2 Å². The van der Waals surface area contributed by atoms with Crippen LogP contribution in [-0.4, -0.2) is 0 Å². The molecule has 0 N–H and O–H groups in total. The number of hydrogen-bond donors (Lipinski definition) is 0. The zero-order valence-electron chi connectivity index (χ0n) is 42.5. The van der Waals surface area contributed by atoms with Crippen LogP contribution in [0.4, 0.5) is 17.1 Å². The molecular weight excluding hydrogens is 903 g/mol. The van der Waals surface area contributed by atoms with Crippen LogP contribution in [0, 0.1) is 6.92 Å². The van der Waals surface area contributed by atoms with Crippen LogP contribution < -0.4 is 4.90 Å². The van der Waals surface area contributed by atoms with Gasteiger partial charge in [-0.2, -0.15) is 0 Å². The fourth-order valence-corrected chi connectivity index (χ4v) is 14.2. The molecule has 10 aromatic carbocycles. The van der Waals surface area contributed by atoms with Gasteiger partial charge in [0.25, 0.3) is 0 Å². The largest absolute Gasteiger partial charge is 0.456 e. The molecule has 0 amide bonds. The average molecular weight is 954 g/mol. The summed E-state index contributed by atoms with van der Waals surface area (Å²) in [6.07, 6.45) is 0. The van der Waals surface area contributed by atoms with E-state index in [1.54, 1.807) is 0 Å². The Hall–Kier alpha value is -8.60. The Balaban J connectivity index is 0.932. The van der Waals surface area contributed by atoms with Crippen LogP contribution in [0.1, 0.15) is 80.5 Å². The first-order valence-electron chi connectivity index (χ1n) is 26.1. The number of fused-ring (bicyclic) bond motifs is 22. The van der Waals surface area contributed by atoms with Gasteiger partial charge in [0.15, 0.2) is 0 Å². The van der Waals surface area contributed by atoms with Crippen LogP contribution in [0.5, 0.6) is 0 Å². The summed E-state index contributed by atoms with van der Waals surface area (Å²) in [4.78, 5) is 2.45. The molecule has 0 saturated carbocycles. The van der Waals surface area contributed by atoms with Crippen LogP contribution in [0.25, 0.3) is 110 Å². The number of aryl methyl sites for hydroxylation is 1. The van der Waals surface area contributed by atoms with Gasteiger partial charge in [-0.1, -0.05) is 162 Å². The molecule has 13 aromatic rings. The smallest absolute Gasteiger partial charge is 0.144 e.